The van der Waals surface area contributed by atoms with Gasteiger partial charge in [-0.25, -0.2) is 0 Å². The molecule has 1 amide bonds. The van der Waals surface area contributed by atoms with E-state index in [2.05, 4.69) is 27.7 Å². The van der Waals surface area contributed by atoms with Crippen LogP contribution < -0.4 is 5.32 Å². The molecule has 0 spiro atoms. The van der Waals surface area contributed by atoms with Crippen LogP contribution in [0, 0.1) is 6.92 Å². The second-order valence-corrected chi connectivity index (χ2v) is 8.22. The molecule has 1 aliphatic heterocycles. The minimum atomic E-state index is -0.125. The highest BCUT2D eigenvalue weighted by atomic mass is 32.1. The number of carbonyl (C=O) groups is 1. The zero-order valence-corrected chi connectivity index (χ0v) is 16.6. The van der Waals surface area contributed by atoms with E-state index in [0.717, 1.165) is 29.6 Å². The van der Waals surface area contributed by atoms with Gasteiger partial charge < -0.3 is 9.73 Å². The number of carbonyl (C=O) groups excluding carboxylic acids is 1. The summed E-state index contributed by atoms with van der Waals surface area (Å²) in [6, 6.07) is 12.3. The minimum absolute atomic E-state index is 0.125. The van der Waals surface area contributed by atoms with E-state index in [9.17, 15) is 4.79 Å². The zero-order valence-electron chi connectivity index (χ0n) is 15.7. The summed E-state index contributed by atoms with van der Waals surface area (Å²) >= 11 is 1.77. The van der Waals surface area contributed by atoms with E-state index in [1.54, 1.807) is 11.3 Å². The van der Waals surface area contributed by atoms with Crippen LogP contribution in [0.5, 0.6) is 0 Å². The van der Waals surface area contributed by atoms with Gasteiger partial charge in [-0.1, -0.05) is 37.1 Å². The maximum Gasteiger partial charge on any atom is 0.287 e. The highest BCUT2D eigenvalue weighted by Crippen LogP contribution is 2.28. The number of thiophene rings is 1. The monoisotopic (exact) mass is 382 g/mol. The molecule has 1 atom stereocenters. The van der Waals surface area contributed by atoms with Crippen LogP contribution >= 0.6 is 11.3 Å². The fraction of sp³-hybridized carbons (Fsp3) is 0.409. The Balaban J connectivity index is 1.51. The SMILES string of the molecule is Cc1c(C(=O)NCC(c2cccs2)N2CCCCCC2)oc2ccccc12. The lowest BCUT2D eigenvalue weighted by atomic mass is 10.1. The molecule has 0 bridgehead atoms. The fourth-order valence-electron chi connectivity index (χ4n) is 3.96. The van der Waals surface area contributed by atoms with Crippen molar-refractivity contribution >= 4 is 28.2 Å². The van der Waals surface area contributed by atoms with Gasteiger partial charge >= 0.3 is 0 Å². The summed E-state index contributed by atoms with van der Waals surface area (Å²) in [7, 11) is 0. The molecule has 1 saturated heterocycles. The third kappa shape index (κ3) is 3.94. The van der Waals surface area contributed by atoms with Crippen molar-refractivity contribution in [1.82, 2.24) is 10.2 Å². The Morgan fingerprint density at radius 2 is 1.93 bits per heavy atom. The van der Waals surface area contributed by atoms with Crippen molar-refractivity contribution in [1.29, 1.82) is 0 Å². The zero-order chi connectivity index (χ0) is 18.6. The van der Waals surface area contributed by atoms with Crippen LogP contribution in [0.25, 0.3) is 11.0 Å². The summed E-state index contributed by atoms with van der Waals surface area (Å²) in [6.45, 7) is 4.76. The van der Waals surface area contributed by atoms with Crippen molar-refractivity contribution in [3.63, 3.8) is 0 Å². The van der Waals surface area contributed by atoms with Crippen molar-refractivity contribution in [2.45, 2.75) is 38.6 Å². The molecule has 5 heteroatoms. The quantitative estimate of drug-likeness (QED) is 0.664. The number of nitrogens with zero attached hydrogens (tertiary/aromatic N) is 1. The normalized spacial score (nSPS) is 16.9. The molecule has 1 unspecified atom stereocenters. The predicted octanol–water partition coefficient (Wildman–Crippen LogP) is 5.15. The van der Waals surface area contributed by atoms with E-state index in [4.69, 9.17) is 4.42 Å². The van der Waals surface area contributed by atoms with Gasteiger partial charge in [0.05, 0.1) is 6.04 Å². The standard InChI is InChI=1S/C22H26N2O2S/c1-16-17-9-4-5-10-19(17)26-21(16)22(25)23-15-18(20-11-8-14-27-20)24-12-6-2-3-7-13-24/h4-5,8-11,14,18H,2-3,6-7,12-13,15H2,1H3,(H,23,25). The van der Waals surface area contributed by atoms with E-state index in [0.29, 0.717) is 12.3 Å². The fourth-order valence-corrected chi connectivity index (χ4v) is 4.82. The Morgan fingerprint density at radius 3 is 2.63 bits per heavy atom. The van der Waals surface area contributed by atoms with Crippen molar-refractivity contribution in [3.05, 3.63) is 58.0 Å². The van der Waals surface area contributed by atoms with E-state index in [1.165, 1.54) is 30.6 Å². The largest absolute Gasteiger partial charge is 0.451 e. The van der Waals surface area contributed by atoms with E-state index < -0.39 is 0 Å². The van der Waals surface area contributed by atoms with Gasteiger partial charge in [-0.3, -0.25) is 9.69 Å². The number of hydrogen-bond donors (Lipinski definition) is 1. The summed E-state index contributed by atoms with van der Waals surface area (Å²) in [5.74, 6) is 0.303. The Kier molecular flexibility index (Phi) is 5.60. The summed E-state index contributed by atoms with van der Waals surface area (Å²) < 4.78 is 5.83. The lowest BCUT2D eigenvalue weighted by molar-refractivity contribution is 0.0907. The van der Waals surface area contributed by atoms with Crippen molar-refractivity contribution in [2.24, 2.45) is 0 Å². The number of aryl methyl sites for hydroxylation is 1. The van der Waals surface area contributed by atoms with Gasteiger partial charge in [0.2, 0.25) is 0 Å². The second-order valence-electron chi connectivity index (χ2n) is 7.24. The summed E-state index contributed by atoms with van der Waals surface area (Å²) in [5.41, 5.74) is 1.67. The lowest BCUT2D eigenvalue weighted by Crippen LogP contribution is -2.38. The van der Waals surface area contributed by atoms with Crippen molar-refractivity contribution < 1.29 is 9.21 Å². The first kappa shape index (κ1) is 18.3. The molecule has 4 nitrogen and oxygen atoms in total. The predicted molar refractivity (Wildman–Crippen MR) is 110 cm³/mol. The Labute approximate surface area is 164 Å². The lowest BCUT2D eigenvalue weighted by Gasteiger charge is -2.30. The molecule has 142 valence electrons. The Bertz CT molecular complexity index is 892. The molecule has 0 radical (unpaired) electrons. The number of nitrogens with one attached hydrogen (secondary N) is 1. The molecular formula is C22H26N2O2S. The number of rotatable bonds is 5. The summed E-state index contributed by atoms with van der Waals surface area (Å²) in [5, 5.41) is 6.26. The number of fused-ring (bicyclic) bond motifs is 1. The molecule has 1 N–H and O–H groups in total. The van der Waals surface area contributed by atoms with Crippen LogP contribution in [0.15, 0.2) is 46.2 Å². The van der Waals surface area contributed by atoms with Gasteiger partial charge in [0, 0.05) is 22.4 Å². The van der Waals surface area contributed by atoms with Crippen LogP contribution in [0.2, 0.25) is 0 Å². The van der Waals surface area contributed by atoms with E-state index in [-0.39, 0.29) is 11.9 Å². The molecule has 0 aliphatic carbocycles. The highest BCUT2D eigenvalue weighted by Gasteiger charge is 2.24. The van der Waals surface area contributed by atoms with Crippen LogP contribution in [0.1, 0.15) is 52.7 Å². The molecule has 0 saturated carbocycles. The molecule has 1 aliphatic rings. The Morgan fingerprint density at radius 1 is 1.15 bits per heavy atom. The third-order valence-electron chi connectivity index (χ3n) is 5.46. The van der Waals surface area contributed by atoms with Gasteiger partial charge in [0.15, 0.2) is 5.76 Å². The maximum absolute atomic E-state index is 12.8. The summed E-state index contributed by atoms with van der Waals surface area (Å²) in [4.78, 5) is 16.7. The molecule has 27 heavy (non-hydrogen) atoms. The number of furan rings is 1. The molecule has 3 aromatic rings. The van der Waals surface area contributed by atoms with Crippen LogP contribution in [0.3, 0.4) is 0 Å². The highest BCUT2D eigenvalue weighted by molar-refractivity contribution is 7.10. The van der Waals surface area contributed by atoms with Gasteiger partial charge in [0.25, 0.3) is 5.91 Å². The Hall–Kier alpha value is -2.11. The first-order valence-corrected chi connectivity index (χ1v) is 10.7. The molecule has 2 aromatic heterocycles. The number of hydrogen-bond acceptors (Lipinski definition) is 4. The van der Waals surface area contributed by atoms with Crippen molar-refractivity contribution in [3.8, 4) is 0 Å². The van der Waals surface area contributed by atoms with Gasteiger partial charge in [-0.15, -0.1) is 11.3 Å². The van der Waals surface area contributed by atoms with Crippen molar-refractivity contribution in [2.75, 3.05) is 19.6 Å². The average molecular weight is 383 g/mol. The number of amides is 1. The number of para-hydroxylation sites is 1. The van der Waals surface area contributed by atoms with Gasteiger partial charge in [-0.05, 0) is 50.4 Å². The summed E-state index contributed by atoms with van der Waals surface area (Å²) in [6.07, 6.45) is 5.08. The topological polar surface area (TPSA) is 45.5 Å². The van der Waals surface area contributed by atoms with Crippen LogP contribution in [0.4, 0.5) is 0 Å². The van der Waals surface area contributed by atoms with Crippen LogP contribution in [-0.2, 0) is 0 Å². The molecular weight excluding hydrogens is 356 g/mol. The smallest absolute Gasteiger partial charge is 0.287 e. The van der Waals surface area contributed by atoms with E-state index >= 15 is 0 Å². The molecule has 1 fully saturated rings. The third-order valence-corrected chi connectivity index (χ3v) is 6.43. The van der Waals surface area contributed by atoms with Gasteiger partial charge in [0.1, 0.15) is 5.58 Å². The average Bonchev–Trinajstić information content (AvgIpc) is 3.24. The first-order valence-electron chi connectivity index (χ1n) is 9.78. The van der Waals surface area contributed by atoms with Gasteiger partial charge in [-0.2, -0.15) is 0 Å². The molecule has 3 heterocycles. The molecule has 1 aromatic carbocycles. The molecule has 4 rings (SSSR count). The first-order chi connectivity index (χ1) is 13.2. The van der Waals surface area contributed by atoms with E-state index in [1.807, 2.05) is 31.2 Å². The second kappa shape index (κ2) is 8.28. The number of likely N-dealkylation sites (tertiary alicyclic amines) is 1. The number of benzene rings is 1. The maximum atomic E-state index is 12.8. The minimum Gasteiger partial charge on any atom is -0.451 e. The van der Waals surface area contributed by atoms with Crippen LogP contribution in [-0.4, -0.2) is 30.4 Å².